The summed E-state index contributed by atoms with van der Waals surface area (Å²) in [5.74, 6) is 0. The molecule has 5 heterocycles. The van der Waals surface area contributed by atoms with Crippen LogP contribution in [0.1, 0.15) is 22.8 Å². The van der Waals surface area contributed by atoms with Crippen molar-refractivity contribution < 1.29 is 0 Å². The van der Waals surface area contributed by atoms with Crippen LogP contribution in [0.3, 0.4) is 0 Å². The van der Waals surface area contributed by atoms with E-state index < -0.39 is 0 Å². The molecular weight excluding hydrogens is 284 g/mol. The Morgan fingerprint density at radius 3 is 2.00 bits per heavy atom. The van der Waals surface area contributed by atoms with Crippen LogP contribution in [0.15, 0.2) is 48.5 Å². The van der Waals surface area contributed by atoms with Crippen LogP contribution in [-0.4, -0.2) is 19.9 Å². The zero-order chi connectivity index (χ0) is 15.2. The zero-order valence-corrected chi connectivity index (χ0v) is 12.5. The summed E-state index contributed by atoms with van der Waals surface area (Å²) in [5.41, 5.74) is 6.80. The van der Waals surface area contributed by atoms with E-state index in [1.54, 1.807) is 0 Å². The lowest BCUT2D eigenvalue weighted by Crippen LogP contribution is -2.09. The Morgan fingerprint density at radius 1 is 0.522 bits per heavy atom. The Kier molecular flexibility index (Phi) is 2.52. The molecule has 0 saturated heterocycles. The van der Waals surface area contributed by atoms with Crippen LogP contribution in [0.5, 0.6) is 0 Å². The third kappa shape index (κ3) is 2.25. The van der Waals surface area contributed by atoms with Crippen LogP contribution < -0.4 is 10.7 Å². The molecule has 112 valence electrons. The molecule has 4 N–H and O–H groups in total. The average molecular weight is 300 g/mol. The third-order valence-electron chi connectivity index (χ3n) is 4.25. The highest BCUT2D eigenvalue weighted by Gasteiger charge is 2.06. The zero-order valence-electron chi connectivity index (χ0n) is 12.5. The molecule has 8 bridgehead atoms. The van der Waals surface area contributed by atoms with E-state index in [1.807, 2.05) is 0 Å². The largest absolute Gasteiger partial charge is 0.359 e. The number of fused-ring (bicyclic) bond motifs is 9. The predicted molar refractivity (Wildman–Crippen MR) is 91.4 cm³/mol. The molecule has 4 nitrogen and oxygen atoms in total. The number of H-pyrrole nitrogens is 4. The number of rotatable bonds is 0. The van der Waals surface area contributed by atoms with Gasteiger partial charge in [0.15, 0.2) is 0 Å². The van der Waals surface area contributed by atoms with Gasteiger partial charge >= 0.3 is 0 Å². The Balaban J connectivity index is 1.74. The first-order valence-corrected chi connectivity index (χ1v) is 7.75. The average Bonchev–Trinajstić information content (AvgIpc) is 3.28. The summed E-state index contributed by atoms with van der Waals surface area (Å²) >= 11 is 0. The topological polar surface area (TPSA) is 63.2 Å². The van der Waals surface area contributed by atoms with Gasteiger partial charge in [-0.05, 0) is 60.7 Å². The molecule has 1 aliphatic heterocycles. The number of hydrogen-bond donors (Lipinski definition) is 4. The maximum atomic E-state index is 3.49. The summed E-state index contributed by atoms with van der Waals surface area (Å²) in [7, 11) is 0. The van der Waals surface area contributed by atoms with Crippen LogP contribution in [0.25, 0.3) is 23.5 Å². The highest BCUT2D eigenvalue weighted by Crippen LogP contribution is 2.19. The molecule has 0 aliphatic carbocycles. The first-order chi connectivity index (χ1) is 11.3. The van der Waals surface area contributed by atoms with E-state index in [1.165, 1.54) is 11.4 Å². The Labute approximate surface area is 132 Å². The number of aromatic nitrogens is 4. The van der Waals surface area contributed by atoms with Crippen LogP contribution in [-0.2, 0) is 6.42 Å². The van der Waals surface area contributed by atoms with E-state index in [2.05, 4.69) is 80.6 Å². The van der Waals surface area contributed by atoms with Gasteiger partial charge in [-0.15, -0.1) is 0 Å². The van der Waals surface area contributed by atoms with Gasteiger partial charge in [-0.3, -0.25) is 0 Å². The lowest BCUT2D eigenvalue weighted by Gasteiger charge is -1.97. The van der Waals surface area contributed by atoms with Gasteiger partial charge in [-0.1, -0.05) is 0 Å². The minimum absolute atomic E-state index is 0.865. The highest BCUT2D eigenvalue weighted by molar-refractivity contribution is 5.60. The fourth-order valence-electron chi connectivity index (χ4n) is 3.14. The van der Waals surface area contributed by atoms with E-state index >= 15 is 0 Å². The number of nitrogens with one attached hydrogen (secondary N) is 4. The number of aromatic amines is 4. The number of hydrogen-bond acceptors (Lipinski definition) is 0. The van der Waals surface area contributed by atoms with Crippen molar-refractivity contribution in [2.45, 2.75) is 6.42 Å². The van der Waals surface area contributed by atoms with Gasteiger partial charge in [-0.25, -0.2) is 0 Å². The van der Waals surface area contributed by atoms with Gasteiger partial charge in [0.1, 0.15) is 0 Å². The fourth-order valence-corrected chi connectivity index (χ4v) is 3.14. The van der Waals surface area contributed by atoms with E-state index in [0.29, 0.717) is 0 Å². The molecule has 4 aromatic rings. The van der Waals surface area contributed by atoms with Crippen molar-refractivity contribution >= 4 is 12.2 Å². The predicted octanol–water partition coefficient (Wildman–Crippen LogP) is 2.23. The van der Waals surface area contributed by atoms with Gasteiger partial charge in [0.25, 0.3) is 0 Å². The van der Waals surface area contributed by atoms with Crippen LogP contribution >= 0.6 is 0 Å². The maximum Gasteiger partial charge on any atom is 0.0624 e. The molecule has 0 unspecified atom stereocenters. The normalized spacial score (nSPS) is 12.9. The minimum Gasteiger partial charge on any atom is -0.359 e. The first-order valence-electron chi connectivity index (χ1n) is 7.75. The van der Waals surface area contributed by atoms with Gasteiger partial charge in [0, 0.05) is 39.9 Å². The molecule has 0 saturated carbocycles. The molecule has 0 fully saturated rings. The van der Waals surface area contributed by atoms with Crippen molar-refractivity contribution in [3.05, 3.63) is 82.0 Å². The molecular formula is C19H16N4. The fraction of sp³-hybridized carbons (Fsp3) is 0.0526. The SMILES string of the molecule is C1=c2ccc([nH]2)=Cc2ccc([nH]2)-c2ccc([nH]2)Cc2ccc1[nH]2. The molecule has 4 heteroatoms. The van der Waals surface area contributed by atoms with Gasteiger partial charge in [0.2, 0.25) is 0 Å². The molecule has 0 amide bonds. The Morgan fingerprint density at radius 2 is 1.13 bits per heavy atom. The molecule has 5 rings (SSSR count). The molecule has 0 radical (unpaired) electrons. The van der Waals surface area contributed by atoms with E-state index in [0.717, 1.165) is 39.9 Å². The standard InChI is InChI=1S/C19H16N4/c1-3-14-10-16-5-7-18(22-16)19-8-6-17(23-19)11-15-4-2-13(21-15)9-12(1)20-14/h1-10,20-23H,11H2. The Hall–Kier alpha value is -3.14. The van der Waals surface area contributed by atoms with Crippen molar-refractivity contribution in [3.8, 4) is 11.4 Å². The summed E-state index contributed by atoms with van der Waals surface area (Å²) in [5, 5.41) is 2.17. The third-order valence-corrected chi connectivity index (χ3v) is 4.25. The van der Waals surface area contributed by atoms with Gasteiger partial charge in [-0.2, -0.15) is 0 Å². The molecule has 0 atom stereocenters. The molecule has 4 aromatic heterocycles. The molecule has 0 aromatic carbocycles. The second-order valence-electron chi connectivity index (χ2n) is 6.00. The summed E-state index contributed by atoms with van der Waals surface area (Å²) in [6.45, 7) is 0. The quantitative estimate of drug-likeness (QED) is 0.339. The monoisotopic (exact) mass is 300 g/mol. The van der Waals surface area contributed by atoms with E-state index in [4.69, 9.17) is 0 Å². The van der Waals surface area contributed by atoms with Crippen LogP contribution in [0.4, 0.5) is 0 Å². The van der Waals surface area contributed by atoms with E-state index in [9.17, 15) is 0 Å². The van der Waals surface area contributed by atoms with Crippen molar-refractivity contribution in [3.63, 3.8) is 0 Å². The second kappa shape index (κ2) is 4.68. The van der Waals surface area contributed by atoms with Crippen molar-refractivity contribution in [2.24, 2.45) is 0 Å². The molecule has 0 spiro atoms. The maximum absolute atomic E-state index is 3.49. The summed E-state index contributed by atoms with van der Waals surface area (Å²) in [6, 6.07) is 16.9. The van der Waals surface area contributed by atoms with Gasteiger partial charge in [0.05, 0.1) is 11.4 Å². The second-order valence-corrected chi connectivity index (χ2v) is 6.00. The van der Waals surface area contributed by atoms with E-state index in [-0.39, 0.29) is 0 Å². The lowest BCUT2D eigenvalue weighted by atomic mass is 10.2. The highest BCUT2D eigenvalue weighted by atomic mass is 14.8. The lowest BCUT2D eigenvalue weighted by molar-refractivity contribution is 1.05. The van der Waals surface area contributed by atoms with Crippen LogP contribution in [0.2, 0.25) is 0 Å². The Bertz CT molecular complexity index is 1100. The first kappa shape index (κ1) is 12.4. The van der Waals surface area contributed by atoms with Crippen molar-refractivity contribution in [1.29, 1.82) is 0 Å². The minimum atomic E-state index is 0.865. The molecule has 23 heavy (non-hydrogen) atoms. The van der Waals surface area contributed by atoms with Crippen LogP contribution in [0, 0.1) is 0 Å². The summed E-state index contributed by atoms with van der Waals surface area (Å²) < 4.78 is 0. The van der Waals surface area contributed by atoms with Crippen molar-refractivity contribution in [1.82, 2.24) is 19.9 Å². The smallest absolute Gasteiger partial charge is 0.0624 e. The molecule has 1 aliphatic rings. The summed E-state index contributed by atoms with van der Waals surface area (Å²) in [4.78, 5) is 13.8. The van der Waals surface area contributed by atoms with Crippen molar-refractivity contribution in [2.75, 3.05) is 0 Å². The van der Waals surface area contributed by atoms with Gasteiger partial charge < -0.3 is 19.9 Å². The summed E-state index contributed by atoms with van der Waals surface area (Å²) in [6.07, 6.45) is 5.11.